The van der Waals surface area contributed by atoms with Gasteiger partial charge >= 0.3 is 6.03 Å². The van der Waals surface area contributed by atoms with Crippen LogP contribution >= 0.6 is 15.9 Å². The number of halogens is 1. The number of nitrogens with one attached hydrogen (secondary N) is 1. The van der Waals surface area contributed by atoms with Crippen molar-refractivity contribution in [2.24, 2.45) is 0 Å². The van der Waals surface area contributed by atoms with Gasteiger partial charge in [-0.05, 0) is 29.3 Å². The fraction of sp³-hybridized carbons (Fsp3) is 0.263. The normalized spacial score (nSPS) is 10.2. The molecule has 0 atom stereocenters. The number of para-hydroxylation sites is 1. The quantitative estimate of drug-likeness (QED) is 0.826. The summed E-state index contributed by atoms with van der Waals surface area (Å²) in [5, 5.41) is 2.89. The number of urea groups is 1. The average molecular weight is 404 g/mol. The van der Waals surface area contributed by atoms with Crippen LogP contribution in [0, 0.1) is 0 Å². The van der Waals surface area contributed by atoms with Crippen molar-refractivity contribution in [1.82, 2.24) is 9.80 Å². The maximum Gasteiger partial charge on any atom is 0.321 e. The molecule has 5 nitrogen and oxygen atoms in total. The summed E-state index contributed by atoms with van der Waals surface area (Å²) < 4.78 is 1.00. The number of likely N-dealkylation sites (N-methyl/N-ethyl adjacent to an activating group) is 1. The summed E-state index contributed by atoms with van der Waals surface area (Å²) >= 11 is 3.40. The first-order valence-electron chi connectivity index (χ1n) is 7.91. The number of amides is 3. The van der Waals surface area contributed by atoms with Crippen molar-refractivity contribution < 1.29 is 9.59 Å². The Morgan fingerprint density at radius 3 is 2.28 bits per heavy atom. The van der Waals surface area contributed by atoms with E-state index in [4.69, 9.17) is 0 Å². The van der Waals surface area contributed by atoms with Gasteiger partial charge in [-0.1, -0.05) is 46.3 Å². The van der Waals surface area contributed by atoms with Crippen LogP contribution in [-0.4, -0.2) is 42.9 Å². The lowest BCUT2D eigenvalue weighted by atomic mass is 10.1. The standard InChI is InChI=1S/C19H22BrN3O2/c1-22(2)18(24)12-15-6-4-5-7-17(15)21-19(25)23(3)13-14-8-10-16(20)11-9-14/h4-11H,12-13H2,1-3H3,(H,21,25). The smallest absolute Gasteiger partial charge is 0.321 e. The lowest BCUT2D eigenvalue weighted by Crippen LogP contribution is -2.31. The van der Waals surface area contributed by atoms with Gasteiger partial charge in [0.05, 0.1) is 6.42 Å². The number of carbonyl (C=O) groups is 2. The second-order valence-corrected chi connectivity index (χ2v) is 6.95. The Kier molecular flexibility index (Phi) is 6.58. The summed E-state index contributed by atoms with van der Waals surface area (Å²) in [5.74, 6) is -0.00934. The minimum Gasteiger partial charge on any atom is -0.349 e. The third-order valence-corrected chi connectivity index (χ3v) is 4.31. The molecule has 0 aliphatic rings. The summed E-state index contributed by atoms with van der Waals surface area (Å²) in [6.07, 6.45) is 0.250. The molecule has 0 unspecified atom stereocenters. The van der Waals surface area contributed by atoms with Crippen molar-refractivity contribution in [3.8, 4) is 0 Å². The molecule has 0 aromatic heterocycles. The molecule has 0 aliphatic carbocycles. The third kappa shape index (κ3) is 5.60. The Morgan fingerprint density at radius 1 is 1.00 bits per heavy atom. The molecule has 132 valence electrons. The number of anilines is 1. The summed E-state index contributed by atoms with van der Waals surface area (Å²) in [4.78, 5) is 27.6. The predicted octanol–water partition coefficient (Wildman–Crippen LogP) is 3.74. The van der Waals surface area contributed by atoms with E-state index in [1.54, 1.807) is 26.0 Å². The van der Waals surface area contributed by atoms with E-state index in [0.29, 0.717) is 12.2 Å². The molecule has 0 saturated heterocycles. The summed E-state index contributed by atoms with van der Waals surface area (Å²) in [7, 11) is 5.18. The molecule has 3 amide bonds. The first-order valence-corrected chi connectivity index (χ1v) is 8.70. The zero-order valence-corrected chi connectivity index (χ0v) is 16.2. The van der Waals surface area contributed by atoms with Crippen LogP contribution < -0.4 is 5.32 Å². The lowest BCUT2D eigenvalue weighted by Gasteiger charge is -2.20. The molecule has 6 heteroatoms. The van der Waals surface area contributed by atoms with Crippen molar-refractivity contribution in [2.45, 2.75) is 13.0 Å². The number of hydrogen-bond acceptors (Lipinski definition) is 2. The van der Waals surface area contributed by atoms with Gasteiger partial charge in [0.25, 0.3) is 0 Å². The predicted molar refractivity (Wildman–Crippen MR) is 103 cm³/mol. The fourth-order valence-electron chi connectivity index (χ4n) is 2.26. The Hall–Kier alpha value is -2.34. The van der Waals surface area contributed by atoms with Gasteiger partial charge in [-0.3, -0.25) is 4.79 Å². The molecule has 2 rings (SSSR count). The minimum absolute atomic E-state index is 0.00934. The lowest BCUT2D eigenvalue weighted by molar-refractivity contribution is -0.127. The second kappa shape index (κ2) is 8.67. The highest BCUT2D eigenvalue weighted by molar-refractivity contribution is 9.10. The minimum atomic E-state index is -0.215. The van der Waals surface area contributed by atoms with Crippen molar-refractivity contribution in [3.63, 3.8) is 0 Å². The first-order chi connectivity index (χ1) is 11.9. The van der Waals surface area contributed by atoms with E-state index >= 15 is 0 Å². The maximum atomic E-state index is 12.5. The summed E-state index contributed by atoms with van der Waals surface area (Å²) in [6.45, 7) is 0.498. The molecule has 1 N–H and O–H groups in total. The van der Waals surface area contributed by atoms with Gasteiger partial charge in [0.2, 0.25) is 5.91 Å². The molecule has 0 radical (unpaired) electrons. The number of rotatable bonds is 5. The van der Waals surface area contributed by atoms with E-state index in [1.165, 1.54) is 4.90 Å². The highest BCUT2D eigenvalue weighted by Gasteiger charge is 2.14. The van der Waals surface area contributed by atoms with E-state index in [-0.39, 0.29) is 18.4 Å². The molecule has 0 saturated carbocycles. The molecule has 0 spiro atoms. The molecule has 2 aromatic rings. The zero-order chi connectivity index (χ0) is 18.4. The van der Waals surface area contributed by atoms with Gasteiger partial charge in [0.15, 0.2) is 0 Å². The van der Waals surface area contributed by atoms with Crippen LogP contribution in [-0.2, 0) is 17.8 Å². The number of carbonyl (C=O) groups excluding carboxylic acids is 2. The number of hydrogen-bond donors (Lipinski definition) is 1. The average Bonchev–Trinajstić information content (AvgIpc) is 2.58. The third-order valence-electron chi connectivity index (χ3n) is 3.78. The van der Waals surface area contributed by atoms with Crippen LogP contribution in [0.15, 0.2) is 53.0 Å². The Labute approximate surface area is 156 Å². The molecule has 25 heavy (non-hydrogen) atoms. The van der Waals surface area contributed by atoms with Crippen LogP contribution in [0.3, 0.4) is 0 Å². The Bertz CT molecular complexity index is 745. The van der Waals surface area contributed by atoms with E-state index < -0.39 is 0 Å². The SMILES string of the molecule is CN(C)C(=O)Cc1ccccc1NC(=O)N(C)Cc1ccc(Br)cc1. The molecule has 0 fully saturated rings. The molecule has 0 aliphatic heterocycles. The van der Waals surface area contributed by atoms with Crippen molar-refractivity contribution in [2.75, 3.05) is 26.5 Å². The van der Waals surface area contributed by atoms with Crippen molar-refractivity contribution >= 4 is 33.6 Å². The topological polar surface area (TPSA) is 52.7 Å². The summed E-state index contributed by atoms with van der Waals surface area (Å²) in [6, 6.07) is 15.0. The number of benzene rings is 2. The van der Waals surface area contributed by atoms with Crippen LogP contribution in [0.5, 0.6) is 0 Å². The van der Waals surface area contributed by atoms with Crippen LogP contribution in [0.2, 0.25) is 0 Å². The highest BCUT2D eigenvalue weighted by Crippen LogP contribution is 2.18. The number of nitrogens with zero attached hydrogens (tertiary/aromatic N) is 2. The summed E-state index contributed by atoms with van der Waals surface area (Å²) in [5.41, 5.74) is 2.49. The van der Waals surface area contributed by atoms with Crippen LogP contribution in [0.1, 0.15) is 11.1 Å². The van der Waals surface area contributed by atoms with Gasteiger partial charge < -0.3 is 15.1 Å². The highest BCUT2D eigenvalue weighted by atomic mass is 79.9. The molecule has 0 heterocycles. The molecular formula is C19H22BrN3O2. The second-order valence-electron chi connectivity index (χ2n) is 6.03. The van der Waals surface area contributed by atoms with E-state index in [0.717, 1.165) is 15.6 Å². The van der Waals surface area contributed by atoms with E-state index in [1.807, 2.05) is 48.5 Å². The zero-order valence-electron chi connectivity index (χ0n) is 14.6. The first kappa shape index (κ1) is 19.0. The van der Waals surface area contributed by atoms with Gasteiger partial charge in [-0.2, -0.15) is 0 Å². The van der Waals surface area contributed by atoms with Gasteiger partial charge in [0, 0.05) is 37.8 Å². The largest absolute Gasteiger partial charge is 0.349 e. The van der Waals surface area contributed by atoms with Crippen LogP contribution in [0.4, 0.5) is 10.5 Å². The molecule has 0 bridgehead atoms. The van der Waals surface area contributed by atoms with Crippen LogP contribution in [0.25, 0.3) is 0 Å². The Morgan fingerprint density at radius 2 is 1.64 bits per heavy atom. The molecular weight excluding hydrogens is 382 g/mol. The molecule has 2 aromatic carbocycles. The maximum absolute atomic E-state index is 12.5. The van der Waals surface area contributed by atoms with Crippen molar-refractivity contribution in [1.29, 1.82) is 0 Å². The van der Waals surface area contributed by atoms with E-state index in [9.17, 15) is 9.59 Å². The fourth-order valence-corrected chi connectivity index (χ4v) is 2.53. The van der Waals surface area contributed by atoms with E-state index in [2.05, 4.69) is 21.2 Å². The van der Waals surface area contributed by atoms with Gasteiger partial charge in [0.1, 0.15) is 0 Å². The Balaban J connectivity index is 2.04. The van der Waals surface area contributed by atoms with Gasteiger partial charge in [-0.15, -0.1) is 0 Å². The van der Waals surface area contributed by atoms with Gasteiger partial charge in [-0.25, -0.2) is 4.79 Å². The monoisotopic (exact) mass is 403 g/mol. The van der Waals surface area contributed by atoms with Crippen molar-refractivity contribution in [3.05, 3.63) is 64.1 Å².